The number of hydrogen-bond donors (Lipinski definition) is 0. The van der Waals surface area contributed by atoms with Crippen LogP contribution < -0.4 is 0 Å². The SMILES string of the molecule is CC(F)C1(c2ccccc2Cl)CCCCC1. The van der Waals surface area contributed by atoms with E-state index in [4.69, 9.17) is 11.6 Å². The molecule has 0 aliphatic heterocycles. The van der Waals surface area contributed by atoms with E-state index in [9.17, 15) is 4.39 Å². The molecule has 0 aromatic heterocycles. The molecule has 0 nitrogen and oxygen atoms in total. The van der Waals surface area contributed by atoms with Gasteiger partial charge in [0.05, 0.1) is 0 Å². The van der Waals surface area contributed by atoms with Crippen molar-refractivity contribution in [2.75, 3.05) is 0 Å². The third-order valence-corrected chi connectivity index (χ3v) is 4.25. The van der Waals surface area contributed by atoms with E-state index in [0.717, 1.165) is 31.2 Å². The first-order chi connectivity index (χ1) is 7.67. The zero-order chi connectivity index (χ0) is 11.6. The van der Waals surface area contributed by atoms with Gasteiger partial charge in [-0.3, -0.25) is 0 Å². The molecular formula is C14H18ClF. The molecule has 1 atom stereocenters. The summed E-state index contributed by atoms with van der Waals surface area (Å²) in [5.74, 6) is 0. The summed E-state index contributed by atoms with van der Waals surface area (Å²) < 4.78 is 14.0. The van der Waals surface area contributed by atoms with E-state index in [1.54, 1.807) is 6.92 Å². The van der Waals surface area contributed by atoms with Crippen LogP contribution in [0.1, 0.15) is 44.6 Å². The highest BCUT2D eigenvalue weighted by atomic mass is 35.5. The van der Waals surface area contributed by atoms with Gasteiger partial charge in [-0.25, -0.2) is 4.39 Å². The minimum Gasteiger partial charge on any atom is -0.247 e. The van der Waals surface area contributed by atoms with Crippen molar-refractivity contribution >= 4 is 11.6 Å². The van der Waals surface area contributed by atoms with Crippen molar-refractivity contribution in [3.05, 3.63) is 34.9 Å². The molecule has 0 N–H and O–H groups in total. The predicted molar refractivity (Wildman–Crippen MR) is 66.8 cm³/mol. The second-order valence-corrected chi connectivity index (χ2v) is 5.22. The van der Waals surface area contributed by atoms with Crippen LogP contribution in [0.4, 0.5) is 4.39 Å². The fourth-order valence-corrected chi connectivity index (χ4v) is 3.25. The molecule has 2 rings (SSSR count). The Labute approximate surface area is 102 Å². The molecule has 0 saturated heterocycles. The Morgan fingerprint density at radius 3 is 2.38 bits per heavy atom. The summed E-state index contributed by atoms with van der Waals surface area (Å²) in [5, 5.41) is 0.717. The van der Waals surface area contributed by atoms with Gasteiger partial charge in [0.1, 0.15) is 6.17 Å². The third kappa shape index (κ3) is 1.98. The fourth-order valence-electron chi connectivity index (χ4n) is 2.93. The summed E-state index contributed by atoms with van der Waals surface area (Å²) in [4.78, 5) is 0. The predicted octanol–water partition coefficient (Wildman–Crippen LogP) is 4.90. The van der Waals surface area contributed by atoms with Crippen LogP contribution in [0, 0.1) is 0 Å². The van der Waals surface area contributed by atoms with Gasteiger partial charge in [0.25, 0.3) is 0 Å². The van der Waals surface area contributed by atoms with Crippen molar-refractivity contribution in [2.45, 2.75) is 50.6 Å². The Morgan fingerprint density at radius 1 is 1.19 bits per heavy atom. The van der Waals surface area contributed by atoms with Crippen molar-refractivity contribution in [3.8, 4) is 0 Å². The molecule has 2 heteroatoms. The van der Waals surface area contributed by atoms with E-state index in [0.29, 0.717) is 5.02 Å². The number of halogens is 2. The van der Waals surface area contributed by atoms with Gasteiger partial charge in [0.15, 0.2) is 0 Å². The van der Waals surface area contributed by atoms with Crippen molar-refractivity contribution in [1.82, 2.24) is 0 Å². The second kappa shape index (κ2) is 4.75. The van der Waals surface area contributed by atoms with Crippen molar-refractivity contribution in [3.63, 3.8) is 0 Å². The summed E-state index contributed by atoms with van der Waals surface area (Å²) in [6.07, 6.45) is 4.47. The molecule has 0 radical (unpaired) electrons. The van der Waals surface area contributed by atoms with Gasteiger partial charge >= 0.3 is 0 Å². The summed E-state index contributed by atoms with van der Waals surface area (Å²) in [6, 6.07) is 7.73. The molecule has 1 aromatic rings. The van der Waals surface area contributed by atoms with E-state index in [1.165, 1.54) is 6.42 Å². The maximum absolute atomic E-state index is 14.0. The quantitative estimate of drug-likeness (QED) is 0.690. The molecule has 1 aliphatic rings. The van der Waals surface area contributed by atoms with Gasteiger partial charge in [0, 0.05) is 10.4 Å². The summed E-state index contributed by atoms with van der Waals surface area (Å²) >= 11 is 6.22. The Hall–Kier alpha value is -0.560. The van der Waals surface area contributed by atoms with E-state index >= 15 is 0 Å². The van der Waals surface area contributed by atoms with Gasteiger partial charge in [-0.2, -0.15) is 0 Å². The molecule has 0 heterocycles. The van der Waals surface area contributed by atoms with Crippen LogP contribution in [0.3, 0.4) is 0 Å². The molecule has 0 amide bonds. The molecule has 0 spiro atoms. The monoisotopic (exact) mass is 240 g/mol. The third-order valence-electron chi connectivity index (χ3n) is 3.92. The van der Waals surface area contributed by atoms with E-state index < -0.39 is 6.17 Å². The number of benzene rings is 1. The highest BCUT2D eigenvalue weighted by Gasteiger charge is 2.40. The van der Waals surface area contributed by atoms with Gasteiger partial charge in [-0.05, 0) is 31.4 Å². The van der Waals surface area contributed by atoms with Crippen LogP contribution in [-0.2, 0) is 5.41 Å². The summed E-state index contributed by atoms with van der Waals surface area (Å²) in [7, 11) is 0. The van der Waals surface area contributed by atoms with Gasteiger partial charge < -0.3 is 0 Å². The fraction of sp³-hybridized carbons (Fsp3) is 0.571. The molecular weight excluding hydrogens is 223 g/mol. The first-order valence-corrected chi connectivity index (χ1v) is 6.44. The average molecular weight is 241 g/mol. The van der Waals surface area contributed by atoms with Crippen LogP contribution in [-0.4, -0.2) is 6.17 Å². The van der Waals surface area contributed by atoms with E-state index in [-0.39, 0.29) is 5.41 Å². The minimum atomic E-state index is -0.826. The molecule has 1 unspecified atom stereocenters. The maximum Gasteiger partial charge on any atom is 0.107 e. The topological polar surface area (TPSA) is 0 Å². The second-order valence-electron chi connectivity index (χ2n) is 4.81. The standard InChI is InChI=1S/C14H18ClF/c1-11(16)14(9-5-2-6-10-14)12-7-3-4-8-13(12)15/h3-4,7-8,11H,2,5-6,9-10H2,1H3. The Bertz CT molecular complexity index is 354. The Balaban J connectivity index is 2.43. The molecule has 1 saturated carbocycles. The van der Waals surface area contributed by atoms with Crippen LogP contribution in [0.5, 0.6) is 0 Å². The van der Waals surface area contributed by atoms with Gasteiger partial charge in [-0.1, -0.05) is 49.1 Å². The lowest BCUT2D eigenvalue weighted by atomic mass is 9.67. The van der Waals surface area contributed by atoms with Gasteiger partial charge in [-0.15, -0.1) is 0 Å². The molecule has 0 bridgehead atoms. The van der Waals surface area contributed by atoms with Crippen LogP contribution in [0.2, 0.25) is 5.02 Å². The van der Waals surface area contributed by atoms with Crippen molar-refractivity contribution < 1.29 is 4.39 Å². The first kappa shape index (κ1) is 11.9. The zero-order valence-electron chi connectivity index (χ0n) is 9.68. The van der Waals surface area contributed by atoms with E-state index in [1.807, 2.05) is 24.3 Å². The molecule has 1 fully saturated rings. The van der Waals surface area contributed by atoms with Crippen molar-refractivity contribution in [1.29, 1.82) is 0 Å². The highest BCUT2D eigenvalue weighted by Crippen LogP contribution is 2.45. The van der Waals surface area contributed by atoms with E-state index in [2.05, 4.69) is 0 Å². The molecule has 1 aromatic carbocycles. The maximum atomic E-state index is 14.0. The smallest absolute Gasteiger partial charge is 0.107 e. The van der Waals surface area contributed by atoms with Crippen LogP contribution >= 0.6 is 11.6 Å². The average Bonchev–Trinajstić information content (AvgIpc) is 2.30. The Kier molecular flexibility index (Phi) is 3.53. The van der Waals surface area contributed by atoms with Gasteiger partial charge in [0.2, 0.25) is 0 Å². The van der Waals surface area contributed by atoms with Crippen molar-refractivity contribution in [2.24, 2.45) is 0 Å². The summed E-state index contributed by atoms with van der Waals surface area (Å²) in [5.41, 5.74) is 0.669. The number of hydrogen-bond acceptors (Lipinski definition) is 0. The molecule has 16 heavy (non-hydrogen) atoms. The Morgan fingerprint density at radius 2 is 1.81 bits per heavy atom. The lowest BCUT2D eigenvalue weighted by molar-refractivity contribution is 0.151. The number of rotatable bonds is 2. The first-order valence-electron chi connectivity index (χ1n) is 6.06. The largest absolute Gasteiger partial charge is 0.247 e. The minimum absolute atomic E-state index is 0.337. The van der Waals surface area contributed by atoms with Crippen LogP contribution in [0.15, 0.2) is 24.3 Å². The molecule has 88 valence electrons. The summed E-state index contributed by atoms with van der Waals surface area (Å²) in [6.45, 7) is 1.68. The zero-order valence-corrected chi connectivity index (χ0v) is 10.4. The normalized spacial score (nSPS) is 21.7. The molecule has 1 aliphatic carbocycles. The number of alkyl halides is 1. The lowest BCUT2D eigenvalue weighted by Crippen LogP contribution is -2.37. The highest BCUT2D eigenvalue weighted by molar-refractivity contribution is 6.31. The van der Waals surface area contributed by atoms with Crippen LogP contribution in [0.25, 0.3) is 0 Å². The lowest BCUT2D eigenvalue weighted by Gasteiger charge is -2.39.